The number of benzene rings is 1. The molecule has 2 aromatic heterocycles. The summed E-state index contributed by atoms with van der Waals surface area (Å²) in [6.07, 6.45) is 3.61. The van der Waals surface area contributed by atoms with Crippen molar-refractivity contribution < 1.29 is 9.32 Å². The van der Waals surface area contributed by atoms with Gasteiger partial charge in [-0.05, 0) is 24.3 Å². The molecule has 0 saturated carbocycles. The van der Waals surface area contributed by atoms with Gasteiger partial charge in [0.2, 0.25) is 0 Å². The molecule has 1 aliphatic rings. The average Bonchev–Trinajstić information content (AvgIpc) is 3.31. The minimum Gasteiger partial charge on any atom is -0.355 e. The van der Waals surface area contributed by atoms with E-state index in [1.54, 1.807) is 29.3 Å². The van der Waals surface area contributed by atoms with E-state index >= 15 is 0 Å². The Balaban J connectivity index is 1.60. The quantitative estimate of drug-likeness (QED) is 0.765. The van der Waals surface area contributed by atoms with Crippen LogP contribution in [0.5, 0.6) is 0 Å². The van der Waals surface area contributed by atoms with Crippen LogP contribution in [0.4, 0.5) is 0 Å². The number of halogens is 1. The number of carbonyl (C=O) groups excluding carboxylic acids is 1. The van der Waals surface area contributed by atoms with Gasteiger partial charge in [0.25, 0.3) is 5.91 Å². The Morgan fingerprint density at radius 2 is 2.15 bits per heavy atom. The highest BCUT2D eigenvalue weighted by atomic mass is 35.5. The molecule has 1 aliphatic heterocycles. The van der Waals surface area contributed by atoms with Gasteiger partial charge in [0.15, 0.2) is 11.5 Å². The molecule has 1 fully saturated rings. The number of piperazine rings is 1. The zero-order chi connectivity index (χ0) is 18.1. The summed E-state index contributed by atoms with van der Waals surface area (Å²) >= 11 is 5.91. The predicted octanol–water partition coefficient (Wildman–Crippen LogP) is 2.52. The first-order valence-corrected chi connectivity index (χ1v) is 8.73. The molecule has 3 aromatic rings. The summed E-state index contributed by atoms with van der Waals surface area (Å²) in [5, 5.41) is 7.94. The molecule has 1 atom stereocenters. The molecular weight excluding hydrogens is 354 g/mol. The van der Waals surface area contributed by atoms with Gasteiger partial charge in [-0.2, -0.15) is 0 Å². The zero-order valence-electron chi connectivity index (χ0n) is 14.2. The summed E-state index contributed by atoms with van der Waals surface area (Å²) in [6.45, 7) is 1.96. The smallest absolute Gasteiger partial charge is 0.276 e. The van der Waals surface area contributed by atoms with Crippen molar-refractivity contribution in [1.82, 2.24) is 24.9 Å². The van der Waals surface area contributed by atoms with Gasteiger partial charge in [-0.3, -0.25) is 4.79 Å². The number of aryl methyl sites for hydroxylation is 1. The number of hydrogen-bond donors (Lipinski definition) is 1. The maximum atomic E-state index is 13.0. The maximum absolute atomic E-state index is 13.0. The van der Waals surface area contributed by atoms with E-state index in [9.17, 15) is 4.79 Å². The van der Waals surface area contributed by atoms with Gasteiger partial charge in [-0.1, -0.05) is 16.8 Å². The number of amides is 1. The molecule has 134 valence electrons. The monoisotopic (exact) mass is 371 g/mol. The molecular formula is C18H18ClN5O2. The van der Waals surface area contributed by atoms with Gasteiger partial charge in [0.1, 0.15) is 11.9 Å². The minimum absolute atomic E-state index is 0.146. The fourth-order valence-corrected chi connectivity index (χ4v) is 3.28. The highest BCUT2D eigenvalue weighted by molar-refractivity contribution is 6.30. The first-order chi connectivity index (χ1) is 12.6. The number of rotatable bonds is 3. The van der Waals surface area contributed by atoms with Crippen LogP contribution in [0.1, 0.15) is 22.4 Å². The molecule has 1 saturated heterocycles. The lowest BCUT2D eigenvalue weighted by Crippen LogP contribution is -2.49. The van der Waals surface area contributed by atoms with Gasteiger partial charge in [0.05, 0.1) is 0 Å². The number of nitrogens with zero attached hydrogens (tertiary/aromatic N) is 4. The average molecular weight is 372 g/mol. The molecule has 3 heterocycles. The Labute approximate surface area is 155 Å². The van der Waals surface area contributed by atoms with Crippen molar-refractivity contribution in [1.29, 1.82) is 0 Å². The van der Waals surface area contributed by atoms with Crippen molar-refractivity contribution in [2.24, 2.45) is 7.05 Å². The largest absolute Gasteiger partial charge is 0.355 e. The molecule has 0 aliphatic carbocycles. The third kappa shape index (κ3) is 3.11. The Bertz CT molecular complexity index is 918. The van der Waals surface area contributed by atoms with Crippen molar-refractivity contribution >= 4 is 17.5 Å². The zero-order valence-corrected chi connectivity index (χ0v) is 15.0. The van der Waals surface area contributed by atoms with Gasteiger partial charge < -0.3 is 19.3 Å². The topological polar surface area (TPSA) is 76.2 Å². The summed E-state index contributed by atoms with van der Waals surface area (Å²) in [5.41, 5.74) is 1.11. The van der Waals surface area contributed by atoms with Crippen LogP contribution in [0, 0.1) is 0 Å². The lowest BCUT2D eigenvalue weighted by molar-refractivity contribution is 0.0610. The van der Waals surface area contributed by atoms with Crippen molar-refractivity contribution in [3.8, 4) is 11.3 Å². The normalized spacial score (nSPS) is 17.5. The van der Waals surface area contributed by atoms with Crippen LogP contribution in [0.15, 0.2) is 47.2 Å². The van der Waals surface area contributed by atoms with E-state index in [1.165, 1.54) is 0 Å². The molecule has 1 aromatic carbocycles. The van der Waals surface area contributed by atoms with Crippen molar-refractivity contribution in [3.63, 3.8) is 0 Å². The van der Waals surface area contributed by atoms with E-state index < -0.39 is 0 Å². The first-order valence-electron chi connectivity index (χ1n) is 8.35. The van der Waals surface area contributed by atoms with E-state index in [2.05, 4.69) is 15.5 Å². The molecule has 1 N–H and O–H groups in total. The van der Waals surface area contributed by atoms with Crippen LogP contribution in [0.25, 0.3) is 11.3 Å². The molecule has 8 heteroatoms. The molecule has 0 radical (unpaired) electrons. The fourth-order valence-electron chi connectivity index (χ4n) is 3.15. The van der Waals surface area contributed by atoms with Crippen molar-refractivity contribution in [2.75, 3.05) is 19.6 Å². The third-order valence-electron chi connectivity index (χ3n) is 4.52. The highest BCUT2D eigenvalue weighted by Crippen LogP contribution is 2.26. The number of imidazole rings is 1. The van der Waals surface area contributed by atoms with Gasteiger partial charge in [-0.15, -0.1) is 0 Å². The van der Waals surface area contributed by atoms with Crippen LogP contribution in [0.2, 0.25) is 5.02 Å². The number of carbonyl (C=O) groups is 1. The van der Waals surface area contributed by atoms with Crippen molar-refractivity contribution in [3.05, 3.63) is 59.3 Å². The van der Waals surface area contributed by atoms with E-state index in [1.807, 2.05) is 29.9 Å². The lowest BCUT2D eigenvalue weighted by atomic mass is 10.1. The second-order valence-corrected chi connectivity index (χ2v) is 6.63. The summed E-state index contributed by atoms with van der Waals surface area (Å²) < 4.78 is 7.31. The third-order valence-corrected chi connectivity index (χ3v) is 4.77. The Morgan fingerprint density at radius 1 is 1.35 bits per heavy atom. The minimum atomic E-state index is -0.163. The van der Waals surface area contributed by atoms with Crippen LogP contribution < -0.4 is 5.32 Å². The lowest BCUT2D eigenvalue weighted by Gasteiger charge is -2.35. The molecule has 26 heavy (non-hydrogen) atoms. The fraction of sp³-hybridized carbons (Fsp3) is 0.278. The van der Waals surface area contributed by atoms with Gasteiger partial charge >= 0.3 is 0 Å². The van der Waals surface area contributed by atoms with Crippen LogP contribution in [-0.2, 0) is 7.05 Å². The number of aromatic nitrogens is 3. The van der Waals surface area contributed by atoms with E-state index in [0.29, 0.717) is 23.9 Å². The van der Waals surface area contributed by atoms with E-state index in [4.69, 9.17) is 16.1 Å². The summed E-state index contributed by atoms with van der Waals surface area (Å²) in [4.78, 5) is 19.2. The molecule has 4 rings (SSSR count). The number of hydrogen-bond acceptors (Lipinski definition) is 5. The van der Waals surface area contributed by atoms with Crippen LogP contribution in [-0.4, -0.2) is 45.1 Å². The molecule has 1 amide bonds. The van der Waals surface area contributed by atoms with E-state index in [-0.39, 0.29) is 17.6 Å². The Hall–Kier alpha value is -2.64. The standard InChI is InChI=1S/C18H18ClN5O2/c1-23-8-7-21-17(23)15-11-20-6-9-24(15)18(25)14-10-16(26-22-14)12-2-4-13(19)5-3-12/h2-5,7-8,10,15,20H,6,9,11H2,1H3. The SMILES string of the molecule is Cn1ccnc1C1CNCCN1C(=O)c1cc(-c2ccc(Cl)cc2)on1. The molecule has 0 spiro atoms. The predicted molar refractivity (Wildman–Crippen MR) is 96.8 cm³/mol. The highest BCUT2D eigenvalue weighted by Gasteiger charge is 2.32. The van der Waals surface area contributed by atoms with Gasteiger partial charge in [-0.25, -0.2) is 4.98 Å². The Morgan fingerprint density at radius 3 is 2.88 bits per heavy atom. The summed E-state index contributed by atoms with van der Waals surface area (Å²) in [7, 11) is 1.92. The number of nitrogens with one attached hydrogen (secondary N) is 1. The van der Waals surface area contributed by atoms with Crippen LogP contribution >= 0.6 is 11.6 Å². The maximum Gasteiger partial charge on any atom is 0.276 e. The van der Waals surface area contributed by atoms with Gasteiger partial charge in [0, 0.05) is 55.7 Å². The molecule has 0 bridgehead atoms. The van der Waals surface area contributed by atoms with E-state index in [0.717, 1.165) is 17.9 Å². The first kappa shape index (κ1) is 16.8. The summed E-state index contributed by atoms with van der Waals surface area (Å²) in [6, 6.07) is 8.73. The second-order valence-electron chi connectivity index (χ2n) is 6.20. The Kier molecular flexibility index (Phi) is 4.48. The molecule has 7 nitrogen and oxygen atoms in total. The molecule has 1 unspecified atom stereocenters. The second kappa shape index (κ2) is 6.93. The summed E-state index contributed by atoms with van der Waals surface area (Å²) in [5.74, 6) is 1.21. The van der Waals surface area contributed by atoms with Crippen LogP contribution in [0.3, 0.4) is 0 Å². The van der Waals surface area contributed by atoms with Crippen molar-refractivity contribution in [2.45, 2.75) is 6.04 Å².